The summed E-state index contributed by atoms with van der Waals surface area (Å²) in [5.74, 6) is 0.664. The molecule has 0 bridgehead atoms. The molecule has 0 aromatic heterocycles. The van der Waals surface area contributed by atoms with Crippen LogP contribution in [0.25, 0.3) is 0 Å². The molecule has 0 spiro atoms. The van der Waals surface area contributed by atoms with Crippen molar-refractivity contribution in [3.05, 3.63) is 28.2 Å². The Bertz CT molecular complexity index is 408. The predicted octanol–water partition coefficient (Wildman–Crippen LogP) is 3.53. The number of halogens is 2. The molecular formula is C14H19Cl2NO2. The van der Waals surface area contributed by atoms with Crippen LogP contribution in [0.15, 0.2) is 18.2 Å². The lowest BCUT2D eigenvalue weighted by atomic mass is 10.1. The highest BCUT2D eigenvalue weighted by Crippen LogP contribution is 2.27. The molecule has 5 heteroatoms. The van der Waals surface area contributed by atoms with Gasteiger partial charge in [-0.2, -0.15) is 0 Å². The third-order valence-corrected chi connectivity index (χ3v) is 3.77. The maximum absolute atomic E-state index is 6.02. The van der Waals surface area contributed by atoms with Crippen LogP contribution < -0.4 is 10.1 Å². The van der Waals surface area contributed by atoms with Gasteiger partial charge in [-0.3, -0.25) is 0 Å². The number of ether oxygens (including phenoxy) is 2. The Kier molecular flexibility index (Phi) is 5.76. The van der Waals surface area contributed by atoms with Crippen molar-refractivity contribution in [3.8, 4) is 5.75 Å². The van der Waals surface area contributed by atoms with E-state index in [2.05, 4.69) is 12.2 Å². The van der Waals surface area contributed by atoms with Crippen molar-refractivity contribution in [1.29, 1.82) is 0 Å². The Morgan fingerprint density at radius 2 is 2.32 bits per heavy atom. The highest BCUT2D eigenvalue weighted by Gasteiger charge is 2.21. The van der Waals surface area contributed by atoms with E-state index in [-0.39, 0.29) is 0 Å². The molecule has 2 atom stereocenters. The Hall–Kier alpha value is -0.480. The first-order chi connectivity index (χ1) is 9.16. The van der Waals surface area contributed by atoms with Crippen molar-refractivity contribution in [1.82, 2.24) is 5.32 Å². The second-order valence-electron chi connectivity index (χ2n) is 4.72. The fourth-order valence-corrected chi connectivity index (χ4v) is 2.63. The summed E-state index contributed by atoms with van der Waals surface area (Å²) in [4.78, 5) is 0. The Labute approximate surface area is 124 Å². The monoisotopic (exact) mass is 303 g/mol. The molecule has 1 heterocycles. The molecule has 1 aromatic carbocycles. The third-order valence-electron chi connectivity index (χ3n) is 3.24. The first kappa shape index (κ1) is 14.9. The van der Waals surface area contributed by atoms with Gasteiger partial charge in [-0.05, 0) is 38.0 Å². The van der Waals surface area contributed by atoms with Crippen molar-refractivity contribution < 1.29 is 9.47 Å². The smallest absolute Gasteiger partial charge is 0.138 e. The summed E-state index contributed by atoms with van der Waals surface area (Å²) >= 11 is 11.9. The third kappa shape index (κ3) is 4.53. The highest BCUT2D eigenvalue weighted by molar-refractivity contribution is 6.35. The molecule has 0 aliphatic carbocycles. The van der Waals surface area contributed by atoms with E-state index < -0.39 is 0 Å². The van der Waals surface area contributed by atoms with Crippen molar-refractivity contribution in [2.75, 3.05) is 19.8 Å². The van der Waals surface area contributed by atoms with E-state index in [1.54, 1.807) is 18.2 Å². The van der Waals surface area contributed by atoms with Gasteiger partial charge in [0.05, 0.1) is 11.1 Å². The number of benzene rings is 1. The minimum atomic E-state index is 0.333. The van der Waals surface area contributed by atoms with E-state index in [1.807, 2.05) is 0 Å². The van der Waals surface area contributed by atoms with Crippen LogP contribution in [0.1, 0.15) is 19.8 Å². The Morgan fingerprint density at radius 3 is 3.00 bits per heavy atom. The molecule has 0 saturated carbocycles. The maximum Gasteiger partial charge on any atom is 0.138 e. The summed E-state index contributed by atoms with van der Waals surface area (Å²) < 4.78 is 11.2. The summed E-state index contributed by atoms with van der Waals surface area (Å²) in [5.41, 5.74) is 0. The van der Waals surface area contributed by atoms with Gasteiger partial charge in [0.1, 0.15) is 12.4 Å². The van der Waals surface area contributed by atoms with Crippen molar-refractivity contribution in [3.63, 3.8) is 0 Å². The van der Waals surface area contributed by atoms with Crippen LogP contribution in [0.2, 0.25) is 10.0 Å². The van der Waals surface area contributed by atoms with Gasteiger partial charge in [0.2, 0.25) is 0 Å². The summed E-state index contributed by atoms with van der Waals surface area (Å²) in [6, 6.07) is 5.59. The van der Waals surface area contributed by atoms with Crippen molar-refractivity contribution in [2.45, 2.75) is 31.9 Å². The SMILES string of the molecule is CC(NCCOc1ccc(Cl)cc1Cl)C1CCCO1. The van der Waals surface area contributed by atoms with E-state index >= 15 is 0 Å². The number of hydrogen-bond acceptors (Lipinski definition) is 3. The molecular weight excluding hydrogens is 285 g/mol. The maximum atomic E-state index is 6.02. The summed E-state index contributed by atoms with van der Waals surface area (Å²) in [5, 5.41) is 4.56. The zero-order valence-corrected chi connectivity index (χ0v) is 12.5. The highest BCUT2D eigenvalue weighted by atomic mass is 35.5. The standard InChI is InChI=1S/C14H19Cl2NO2/c1-10(13-3-2-7-18-13)17-6-8-19-14-5-4-11(15)9-12(14)16/h4-5,9-10,13,17H,2-3,6-8H2,1H3. The molecule has 1 N–H and O–H groups in total. The van der Waals surface area contributed by atoms with E-state index in [4.69, 9.17) is 32.7 Å². The largest absolute Gasteiger partial charge is 0.491 e. The van der Waals surface area contributed by atoms with Gasteiger partial charge in [-0.1, -0.05) is 23.2 Å². The minimum Gasteiger partial charge on any atom is -0.491 e. The Morgan fingerprint density at radius 1 is 1.47 bits per heavy atom. The molecule has 1 aliphatic rings. The molecule has 2 unspecified atom stereocenters. The lowest BCUT2D eigenvalue weighted by Crippen LogP contribution is -2.39. The van der Waals surface area contributed by atoms with Gasteiger partial charge >= 0.3 is 0 Å². The van der Waals surface area contributed by atoms with Gasteiger partial charge < -0.3 is 14.8 Å². The van der Waals surface area contributed by atoms with Crippen molar-refractivity contribution >= 4 is 23.2 Å². The zero-order valence-electron chi connectivity index (χ0n) is 11.0. The number of nitrogens with one attached hydrogen (secondary N) is 1. The summed E-state index contributed by atoms with van der Waals surface area (Å²) in [7, 11) is 0. The molecule has 0 radical (unpaired) electrons. The number of hydrogen-bond donors (Lipinski definition) is 1. The lowest BCUT2D eigenvalue weighted by molar-refractivity contribution is 0.0824. The summed E-state index contributed by atoms with van der Waals surface area (Å²) in [6.07, 6.45) is 2.63. The van der Waals surface area contributed by atoms with Crippen LogP contribution in [0, 0.1) is 0 Å². The molecule has 1 aliphatic heterocycles. The fourth-order valence-electron chi connectivity index (χ4n) is 2.17. The van der Waals surface area contributed by atoms with Crippen LogP contribution in [-0.4, -0.2) is 31.9 Å². The average molecular weight is 304 g/mol. The topological polar surface area (TPSA) is 30.5 Å². The quantitative estimate of drug-likeness (QED) is 0.816. The first-order valence-corrected chi connectivity index (χ1v) is 7.35. The van der Waals surface area contributed by atoms with Crippen LogP contribution in [0.5, 0.6) is 5.75 Å². The van der Waals surface area contributed by atoms with Gasteiger partial charge in [-0.15, -0.1) is 0 Å². The molecule has 2 rings (SSSR count). The fraction of sp³-hybridized carbons (Fsp3) is 0.571. The van der Waals surface area contributed by atoms with Crippen LogP contribution >= 0.6 is 23.2 Å². The summed E-state index contributed by atoms with van der Waals surface area (Å²) in [6.45, 7) is 4.36. The van der Waals surface area contributed by atoms with Gasteiger partial charge in [0.25, 0.3) is 0 Å². The average Bonchev–Trinajstić information content (AvgIpc) is 2.90. The lowest BCUT2D eigenvalue weighted by Gasteiger charge is -2.20. The van der Waals surface area contributed by atoms with E-state index in [9.17, 15) is 0 Å². The van der Waals surface area contributed by atoms with E-state index in [0.29, 0.717) is 34.5 Å². The molecule has 1 saturated heterocycles. The number of rotatable bonds is 6. The van der Waals surface area contributed by atoms with Gasteiger partial charge in [0.15, 0.2) is 0 Å². The Balaban J connectivity index is 1.68. The molecule has 1 aromatic rings. The van der Waals surface area contributed by atoms with Crippen LogP contribution in [0.3, 0.4) is 0 Å². The molecule has 0 amide bonds. The van der Waals surface area contributed by atoms with Crippen LogP contribution in [-0.2, 0) is 4.74 Å². The normalized spacial score (nSPS) is 20.5. The molecule has 19 heavy (non-hydrogen) atoms. The van der Waals surface area contributed by atoms with Crippen molar-refractivity contribution in [2.24, 2.45) is 0 Å². The van der Waals surface area contributed by atoms with Crippen LogP contribution in [0.4, 0.5) is 0 Å². The molecule has 3 nitrogen and oxygen atoms in total. The van der Waals surface area contributed by atoms with Gasteiger partial charge in [-0.25, -0.2) is 0 Å². The molecule has 1 fully saturated rings. The molecule has 106 valence electrons. The second-order valence-corrected chi connectivity index (χ2v) is 5.56. The first-order valence-electron chi connectivity index (χ1n) is 6.59. The van der Waals surface area contributed by atoms with E-state index in [1.165, 1.54) is 0 Å². The van der Waals surface area contributed by atoms with Gasteiger partial charge in [0, 0.05) is 24.2 Å². The second kappa shape index (κ2) is 7.34. The minimum absolute atomic E-state index is 0.333. The zero-order chi connectivity index (χ0) is 13.7. The van der Waals surface area contributed by atoms with E-state index in [0.717, 1.165) is 26.0 Å². The predicted molar refractivity (Wildman–Crippen MR) is 78.4 cm³/mol.